The first-order chi connectivity index (χ1) is 8.63. The van der Waals surface area contributed by atoms with Gasteiger partial charge in [0, 0.05) is 22.6 Å². The van der Waals surface area contributed by atoms with Crippen molar-refractivity contribution in [2.24, 2.45) is 0 Å². The third kappa shape index (κ3) is 5.85. The topological polar surface area (TPSA) is 33.3 Å². The Morgan fingerprint density at radius 1 is 1.28 bits per heavy atom. The van der Waals surface area contributed by atoms with E-state index in [0.717, 1.165) is 36.3 Å². The van der Waals surface area contributed by atoms with Crippen LogP contribution in [0.15, 0.2) is 22.7 Å². The van der Waals surface area contributed by atoms with Gasteiger partial charge in [0.25, 0.3) is 0 Å². The Hall–Kier alpha value is -0.580. The van der Waals surface area contributed by atoms with Crippen LogP contribution >= 0.6 is 15.9 Å². The summed E-state index contributed by atoms with van der Waals surface area (Å²) >= 11 is 3.44. The first-order valence-electron chi connectivity index (χ1n) is 6.40. The quantitative estimate of drug-likeness (QED) is 0.724. The van der Waals surface area contributed by atoms with Crippen molar-refractivity contribution in [3.8, 4) is 5.75 Å². The standard InChI is InChI=1S/C14H23BrN2O/c1-11(2)17-8-4-7-16-10-12-5-6-13(15)9-14(12)18-3/h5-6,9,11,16-17H,4,7-8,10H2,1-3H3. The van der Waals surface area contributed by atoms with E-state index in [1.807, 2.05) is 12.1 Å². The average Bonchev–Trinajstić information content (AvgIpc) is 2.34. The summed E-state index contributed by atoms with van der Waals surface area (Å²) in [6.45, 7) is 7.25. The van der Waals surface area contributed by atoms with Gasteiger partial charge in [-0.3, -0.25) is 0 Å². The largest absolute Gasteiger partial charge is 0.496 e. The number of rotatable bonds is 8. The van der Waals surface area contributed by atoms with Crippen LogP contribution in [0.3, 0.4) is 0 Å². The zero-order valence-corrected chi connectivity index (χ0v) is 13.0. The average molecular weight is 315 g/mol. The first-order valence-corrected chi connectivity index (χ1v) is 7.19. The predicted octanol–water partition coefficient (Wildman–Crippen LogP) is 2.94. The van der Waals surface area contributed by atoms with Crippen LogP contribution in [0, 0.1) is 0 Å². The molecule has 0 saturated carbocycles. The van der Waals surface area contributed by atoms with E-state index in [2.05, 4.69) is 46.5 Å². The van der Waals surface area contributed by atoms with Crippen LogP contribution in [0.5, 0.6) is 5.75 Å². The molecule has 0 atom stereocenters. The van der Waals surface area contributed by atoms with Gasteiger partial charge < -0.3 is 15.4 Å². The van der Waals surface area contributed by atoms with Crippen molar-refractivity contribution < 1.29 is 4.74 Å². The van der Waals surface area contributed by atoms with Crippen LogP contribution in [0.1, 0.15) is 25.8 Å². The van der Waals surface area contributed by atoms with Crippen molar-refractivity contribution in [3.63, 3.8) is 0 Å². The summed E-state index contributed by atoms with van der Waals surface area (Å²) in [6.07, 6.45) is 1.14. The lowest BCUT2D eigenvalue weighted by atomic mass is 10.2. The normalized spacial score (nSPS) is 10.9. The summed E-state index contributed by atoms with van der Waals surface area (Å²) in [5.74, 6) is 0.928. The van der Waals surface area contributed by atoms with Gasteiger partial charge in [0.05, 0.1) is 7.11 Å². The number of hydrogen-bond donors (Lipinski definition) is 2. The molecule has 0 aliphatic rings. The molecule has 0 radical (unpaired) electrons. The molecule has 0 aliphatic carbocycles. The minimum atomic E-state index is 0.566. The Kier molecular flexibility index (Phi) is 7.32. The van der Waals surface area contributed by atoms with Gasteiger partial charge in [-0.1, -0.05) is 35.8 Å². The Labute approximate surface area is 118 Å². The van der Waals surface area contributed by atoms with Gasteiger partial charge in [0.2, 0.25) is 0 Å². The molecule has 102 valence electrons. The highest BCUT2D eigenvalue weighted by molar-refractivity contribution is 9.10. The summed E-state index contributed by atoms with van der Waals surface area (Å²) in [6, 6.07) is 6.69. The van der Waals surface area contributed by atoms with E-state index in [-0.39, 0.29) is 0 Å². The second kappa shape index (κ2) is 8.51. The fraction of sp³-hybridized carbons (Fsp3) is 0.571. The van der Waals surface area contributed by atoms with Crippen LogP contribution in [-0.4, -0.2) is 26.2 Å². The van der Waals surface area contributed by atoms with Crippen LogP contribution in [0.4, 0.5) is 0 Å². The summed E-state index contributed by atoms with van der Waals surface area (Å²) in [7, 11) is 1.71. The van der Waals surface area contributed by atoms with Crippen LogP contribution in [0.2, 0.25) is 0 Å². The molecular formula is C14H23BrN2O. The lowest BCUT2D eigenvalue weighted by Crippen LogP contribution is -2.26. The first kappa shape index (κ1) is 15.5. The molecule has 0 aliphatic heterocycles. The van der Waals surface area contributed by atoms with Gasteiger partial charge in [0.1, 0.15) is 5.75 Å². The summed E-state index contributed by atoms with van der Waals surface area (Å²) in [5, 5.41) is 6.84. The van der Waals surface area contributed by atoms with Gasteiger partial charge in [-0.05, 0) is 31.6 Å². The molecule has 1 aromatic rings. The molecule has 2 N–H and O–H groups in total. The van der Waals surface area contributed by atoms with Crippen molar-refractivity contribution in [2.45, 2.75) is 32.9 Å². The highest BCUT2D eigenvalue weighted by Crippen LogP contribution is 2.23. The molecular weight excluding hydrogens is 292 g/mol. The summed E-state index contributed by atoms with van der Waals surface area (Å²) in [5.41, 5.74) is 1.19. The molecule has 0 bridgehead atoms. The number of hydrogen-bond acceptors (Lipinski definition) is 3. The Bertz CT molecular complexity index is 356. The zero-order valence-electron chi connectivity index (χ0n) is 11.4. The third-order valence-electron chi connectivity index (χ3n) is 2.65. The number of halogens is 1. The lowest BCUT2D eigenvalue weighted by molar-refractivity contribution is 0.407. The van der Waals surface area contributed by atoms with E-state index in [0.29, 0.717) is 6.04 Å². The number of methoxy groups -OCH3 is 1. The predicted molar refractivity (Wildman–Crippen MR) is 80.2 cm³/mol. The fourth-order valence-electron chi connectivity index (χ4n) is 1.69. The minimum Gasteiger partial charge on any atom is -0.496 e. The minimum absolute atomic E-state index is 0.566. The molecule has 0 amide bonds. The van der Waals surface area contributed by atoms with Crippen molar-refractivity contribution in [1.82, 2.24) is 10.6 Å². The molecule has 0 unspecified atom stereocenters. The van der Waals surface area contributed by atoms with E-state index < -0.39 is 0 Å². The Morgan fingerprint density at radius 2 is 2.06 bits per heavy atom. The van der Waals surface area contributed by atoms with Crippen molar-refractivity contribution in [2.75, 3.05) is 20.2 Å². The molecule has 18 heavy (non-hydrogen) atoms. The summed E-state index contributed by atoms with van der Waals surface area (Å²) in [4.78, 5) is 0. The molecule has 0 spiro atoms. The number of benzene rings is 1. The van der Waals surface area contributed by atoms with Gasteiger partial charge >= 0.3 is 0 Å². The van der Waals surface area contributed by atoms with Crippen LogP contribution in [0.25, 0.3) is 0 Å². The van der Waals surface area contributed by atoms with Gasteiger partial charge in [0.15, 0.2) is 0 Å². The highest BCUT2D eigenvalue weighted by atomic mass is 79.9. The smallest absolute Gasteiger partial charge is 0.124 e. The van der Waals surface area contributed by atoms with E-state index in [1.54, 1.807) is 7.11 Å². The monoisotopic (exact) mass is 314 g/mol. The van der Waals surface area contributed by atoms with Crippen molar-refractivity contribution in [3.05, 3.63) is 28.2 Å². The second-order valence-electron chi connectivity index (χ2n) is 4.60. The highest BCUT2D eigenvalue weighted by Gasteiger charge is 2.02. The second-order valence-corrected chi connectivity index (χ2v) is 5.51. The zero-order chi connectivity index (χ0) is 13.4. The molecule has 1 rings (SSSR count). The van der Waals surface area contributed by atoms with E-state index in [1.165, 1.54) is 5.56 Å². The molecule has 4 heteroatoms. The molecule has 0 fully saturated rings. The molecule has 3 nitrogen and oxygen atoms in total. The fourth-order valence-corrected chi connectivity index (χ4v) is 2.03. The van der Waals surface area contributed by atoms with E-state index >= 15 is 0 Å². The maximum absolute atomic E-state index is 5.35. The molecule has 0 heterocycles. The Morgan fingerprint density at radius 3 is 2.72 bits per heavy atom. The van der Waals surface area contributed by atoms with E-state index in [9.17, 15) is 0 Å². The maximum atomic E-state index is 5.35. The van der Waals surface area contributed by atoms with Crippen LogP contribution in [-0.2, 0) is 6.54 Å². The van der Waals surface area contributed by atoms with Gasteiger partial charge in [-0.15, -0.1) is 0 Å². The molecule has 1 aromatic carbocycles. The Balaban J connectivity index is 2.27. The SMILES string of the molecule is COc1cc(Br)ccc1CNCCCNC(C)C. The number of nitrogens with one attached hydrogen (secondary N) is 2. The van der Waals surface area contributed by atoms with Gasteiger partial charge in [-0.2, -0.15) is 0 Å². The number of ether oxygens (including phenoxy) is 1. The third-order valence-corrected chi connectivity index (χ3v) is 3.14. The lowest BCUT2D eigenvalue weighted by Gasteiger charge is -2.11. The van der Waals surface area contributed by atoms with Crippen molar-refractivity contribution >= 4 is 15.9 Å². The van der Waals surface area contributed by atoms with Gasteiger partial charge in [-0.25, -0.2) is 0 Å². The summed E-state index contributed by atoms with van der Waals surface area (Å²) < 4.78 is 6.40. The molecule has 0 aromatic heterocycles. The molecule has 0 saturated heterocycles. The van der Waals surface area contributed by atoms with E-state index in [4.69, 9.17) is 4.74 Å². The van der Waals surface area contributed by atoms with Crippen molar-refractivity contribution in [1.29, 1.82) is 0 Å². The van der Waals surface area contributed by atoms with Crippen LogP contribution < -0.4 is 15.4 Å². The maximum Gasteiger partial charge on any atom is 0.124 e.